The van der Waals surface area contributed by atoms with Crippen molar-refractivity contribution in [2.24, 2.45) is 0 Å². The molecule has 24 heavy (non-hydrogen) atoms. The molecule has 1 aromatic heterocycles. The third-order valence-corrected chi connectivity index (χ3v) is 3.72. The highest BCUT2D eigenvalue weighted by atomic mass is 16.6. The predicted molar refractivity (Wildman–Crippen MR) is 88.2 cm³/mol. The molecule has 0 radical (unpaired) electrons. The van der Waals surface area contributed by atoms with Gasteiger partial charge in [-0.15, -0.1) is 0 Å². The first-order chi connectivity index (χ1) is 11.4. The molecule has 130 valence electrons. The Kier molecular flexibility index (Phi) is 5.78. The highest BCUT2D eigenvalue weighted by molar-refractivity contribution is 5.53. The minimum Gasteiger partial charge on any atom is -0.504 e. The number of aromatic hydroxyl groups is 1. The van der Waals surface area contributed by atoms with Gasteiger partial charge >= 0.3 is 0 Å². The van der Waals surface area contributed by atoms with E-state index in [-0.39, 0.29) is 29.8 Å². The van der Waals surface area contributed by atoms with E-state index in [0.29, 0.717) is 12.1 Å². The van der Waals surface area contributed by atoms with Gasteiger partial charge in [-0.25, -0.2) is 0 Å². The summed E-state index contributed by atoms with van der Waals surface area (Å²) >= 11 is 0. The molecule has 0 fully saturated rings. The van der Waals surface area contributed by atoms with Crippen molar-refractivity contribution in [3.63, 3.8) is 0 Å². The summed E-state index contributed by atoms with van der Waals surface area (Å²) in [5, 5.41) is 24.1. The van der Waals surface area contributed by atoms with Crippen LogP contribution in [0.1, 0.15) is 17.4 Å². The number of nitrogens with one attached hydrogen (secondary N) is 1. The summed E-state index contributed by atoms with van der Waals surface area (Å²) < 4.78 is 10.5. The number of phenolic OH excluding ortho intramolecular Hbond substituents is 1. The van der Waals surface area contributed by atoms with E-state index >= 15 is 0 Å². The molecule has 2 rings (SSSR count). The standard InChI is InChI=1S/C16H21N3O5/c1-18(2)13(15-5-4-6-24-15)10-17-9-11-7-16(23-3)14(20)8-12(11)19(21)22/h4-8,13,17,20H,9-10H2,1-3H3. The fourth-order valence-corrected chi connectivity index (χ4v) is 2.44. The Balaban J connectivity index is 2.12. The van der Waals surface area contributed by atoms with Crippen molar-refractivity contribution in [3.05, 3.63) is 52.0 Å². The highest BCUT2D eigenvalue weighted by Crippen LogP contribution is 2.33. The smallest absolute Gasteiger partial charge is 0.277 e. The topological polar surface area (TPSA) is 101 Å². The minimum absolute atomic E-state index is 0.00179. The molecule has 0 aliphatic heterocycles. The molecule has 8 heteroatoms. The first kappa shape index (κ1) is 17.8. The van der Waals surface area contributed by atoms with E-state index in [9.17, 15) is 15.2 Å². The summed E-state index contributed by atoms with van der Waals surface area (Å²) in [5.74, 6) is 0.757. The van der Waals surface area contributed by atoms with E-state index in [1.165, 1.54) is 13.2 Å². The van der Waals surface area contributed by atoms with Crippen molar-refractivity contribution >= 4 is 5.69 Å². The van der Waals surface area contributed by atoms with Gasteiger partial charge in [0.25, 0.3) is 5.69 Å². The van der Waals surface area contributed by atoms with Gasteiger partial charge < -0.3 is 19.6 Å². The van der Waals surface area contributed by atoms with Crippen molar-refractivity contribution in [2.75, 3.05) is 27.7 Å². The molecular weight excluding hydrogens is 314 g/mol. The SMILES string of the molecule is COc1cc(CNCC(c2ccco2)N(C)C)c([N+](=O)[O-])cc1O. The summed E-state index contributed by atoms with van der Waals surface area (Å²) in [5.41, 5.74) is 0.284. The van der Waals surface area contributed by atoms with Gasteiger partial charge in [-0.3, -0.25) is 15.0 Å². The van der Waals surface area contributed by atoms with Crippen molar-refractivity contribution in [1.29, 1.82) is 0 Å². The predicted octanol–water partition coefficient (Wildman–Crippen LogP) is 2.29. The van der Waals surface area contributed by atoms with Gasteiger partial charge in [-0.2, -0.15) is 0 Å². The zero-order valence-corrected chi connectivity index (χ0v) is 13.9. The summed E-state index contributed by atoms with van der Waals surface area (Å²) in [6, 6.07) is 6.28. The fraction of sp³-hybridized carbons (Fsp3) is 0.375. The van der Waals surface area contributed by atoms with Crippen LogP contribution in [0.2, 0.25) is 0 Å². The summed E-state index contributed by atoms with van der Waals surface area (Å²) in [6.07, 6.45) is 1.61. The van der Waals surface area contributed by atoms with Crippen LogP contribution in [0.3, 0.4) is 0 Å². The van der Waals surface area contributed by atoms with Crippen LogP contribution in [0.5, 0.6) is 11.5 Å². The highest BCUT2D eigenvalue weighted by Gasteiger charge is 2.20. The van der Waals surface area contributed by atoms with Crippen LogP contribution in [-0.4, -0.2) is 42.7 Å². The van der Waals surface area contributed by atoms with Gasteiger partial charge in [0.15, 0.2) is 11.5 Å². The average molecular weight is 335 g/mol. The quantitative estimate of drug-likeness (QED) is 0.564. The molecule has 0 spiro atoms. The van der Waals surface area contributed by atoms with Crippen molar-refractivity contribution in [2.45, 2.75) is 12.6 Å². The summed E-state index contributed by atoms with van der Waals surface area (Å²) in [4.78, 5) is 12.6. The number of methoxy groups -OCH3 is 1. The minimum atomic E-state index is -0.522. The summed E-state index contributed by atoms with van der Waals surface area (Å²) in [7, 11) is 5.26. The number of benzene rings is 1. The Morgan fingerprint density at radius 3 is 2.75 bits per heavy atom. The van der Waals surface area contributed by atoms with Crippen LogP contribution in [0.25, 0.3) is 0 Å². The number of nitro benzene ring substituents is 1. The van der Waals surface area contributed by atoms with Gasteiger partial charge in [0, 0.05) is 18.7 Å². The number of ether oxygens (including phenoxy) is 1. The number of rotatable bonds is 8. The van der Waals surface area contributed by atoms with Crippen LogP contribution in [0.4, 0.5) is 5.69 Å². The molecular formula is C16H21N3O5. The Morgan fingerprint density at radius 1 is 1.46 bits per heavy atom. The molecule has 0 saturated heterocycles. The zero-order chi connectivity index (χ0) is 17.7. The van der Waals surface area contributed by atoms with Crippen LogP contribution >= 0.6 is 0 Å². The second-order valence-corrected chi connectivity index (χ2v) is 5.54. The van der Waals surface area contributed by atoms with Gasteiger partial charge in [0.05, 0.1) is 30.4 Å². The van der Waals surface area contributed by atoms with Crippen LogP contribution in [-0.2, 0) is 6.54 Å². The molecule has 1 atom stereocenters. The number of hydrogen-bond donors (Lipinski definition) is 2. The van der Waals surface area contributed by atoms with Crippen LogP contribution < -0.4 is 10.1 Å². The Labute approximate surface area is 139 Å². The van der Waals surface area contributed by atoms with Gasteiger partial charge in [0.1, 0.15) is 5.76 Å². The van der Waals surface area contributed by atoms with E-state index in [4.69, 9.17) is 9.15 Å². The number of nitrogens with zero attached hydrogens (tertiary/aromatic N) is 2. The molecule has 1 heterocycles. The average Bonchev–Trinajstić information content (AvgIpc) is 3.05. The second-order valence-electron chi connectivity index (χ2n) is 5.54. The lowest BCUT2D eigenvalue weighted by molar-refractivity contribution is -0.385. The molecule has 0 saturated carbocycles. The molecule has 8 nitrogen and oxygen atoms in total. The monoisotopic (exact) mass is 335 g/mol. The number of furan rings is 1. The molecule has 2 aromatic rings. The maximum atomic E-state index is 11.2. The van der Waals surface area contributed by atoms with Gasteiger partial charge in [-0.05, 0) is 32.3 Å². The number of likely N-dealkylation sites (N-methyl/N-ethyl adjacent to an activating group) is 1. The molecule has 2 N–H and O–H groups in total. The van der Waals surface area contributed by atoms with Crippen molar-refractivity contribution in [1.82, 2.24) is 10.2 Å². The Morgan fingerprint density at radius 2 is 2.21 bits per heavy atom. The maximum Gasteiger partial charge on any atom is 0.277 e. The molecule has 0 bridgehead atoms. The van der Waals surface area contributed by atoms with Crippen LogP contribution in [0, 0.1) is 10.1 Å². The Bertz CT molecular complexity index is 685. The van der Waals surface area contributed by atoms with E-state index in [1.54, 1.807) is 6.26 Å². The third-order valence-electron chi connectivity index (χ3n) is 3.72. The normalized spacial score (nSPS) is 12.3. The fourth-order valence-electron chi connectivity index (χ4n) is 2.44. The van der Waals surface area contributed by atoms with Gasteiger partial charge in [0.2, 0.25) is 0 Å². The third kappa shape index (κ3) is 4.03. The molecule has 1 aromatic carbocycles. The Hall–Kier alpha value is -2.58. The van der Waals surface area contributed by atoms with E-state index in [2.05, 4.69) is 5.32 Å². The molecule has 1 unspecified atom stereocenters. The van der Waals surface area contributed by atoms with E-state index in [1.807, 2.05) is 31.1 Å². The van der Waals surface area contributed by atoms with Crippen molar-refractivity contribution < 1.29 is 19.2 Å². The maximum absolute atomic E-state index is 11.2. The van der Waals surface area contributed by atoms with E-state index < -0.39 is 4.92 Å². The largest absolute Gasteiger partial charge is 0.504 e. The second kappa shape index (κ2) is 7.80. The van der Waals surface area contributed by atoms with Gasteiger partial charge in [-0.1, -0.05) is 0 Å². The van der Waals surface area contributed by atoms with E-state index in [0.717, 1.165) is 11.8 Å². The number of nitro groups is 1. The lowest BCUT2D eigenvalue weighted by Gasteiger charge is -2.22. The molecule has 0 aliphatic rings. The first-order valence-electron chi connectivity index (χ1n) is 7.38. The molecule has 0 amide bonds. The first-order valence-corrected chi connectivity index (χ1v) is 7.38. The lowest BCUT2D eigenvalue weighted by Crippen LogP contribution is -2.30. The summed E-state index contributed by atoms with van der Waals surface area (Å²) in [6.45, 7) is 0.804. The zero-order valence-electron chi connectivity index (χ0n) is 13.9. The molecule has 0 aliphatic carbocycles. The van der Waals surface area contributed by atoms with Crippen molar-refractivity contribution in [3.8, 4) is 11.5 Å². The van der Waals surface area contributed by atoms with Crippen LogP contribution in [0.15, 0.2) is 34.9 Å². The lowest BCUT2D eigenvalue weighted by atomic mass is 10.1. The number of phenols is 1. The number of hydrogen-bond acceptors (Lipinski definition) is 7.